The lowest BCUT2D eigenvalue weighted by molar-refractivity contribution is -0.136. The summed E-state index contributed by atoms with van der Waals surface area (Å²) in [4.78, 5) is 52.2. The number of nitrogens with one attached hydrogen (secondary N) is 1. The summed E-state index contributed by atoms with van der Waals surface area (Å²) in [5, 5.41) is 2.32. The fourth-order valence-electron chi connectivity index (χ4n) is 5.56. The van der Waals surface area contributed by atoms with Crippen LogP contribution in [0.2, 0.25) is 0 Å². The number of piperidine rings is 1. The molecule has 3 heterocycles. The summed E-state index contributed by atoms with van der Waals surface area (Å²) in [6.45, 7) is 7.35. The van der Waals surface area contributed by atoms with Crippen LogP contribution in [0.4, 0.5) is 4.79 Å². The van der Waals surface area contributed by atoms with E-state index in [-0.39, 0.29) is 35.8 Å². The van der Waals surface area contributed by atoms with Gasteiger partial charge in [-0.05, 0) is 75.6 Å². The number of benzene rings is 1. The molecule has 1 aromatic carbocycles. The average molecular weight is 470 g/mol. The van der Waals surface area contributed by atoms with E-state index in [9.17, 15) is 19.2 Å². The lowest BCUT2D eigenvalue weighted by atomic mass is 9.66. The first kappa shape index (κ1) is 22.7. The van der Waals surface area contributed by atoms with Gasteiger partial charge in [0, 0.05) is 31.6 Å². The van der Waals surface area contributed by atoms with Crippen molar-refractivity contribution in [3.05, 3.63) is 29.3 Å². The molecule has 1 spiro atoms. The summed E-state index contributed by atoms with van der Waals surface area (Å²) in [7, 11) is 0. The van der Waals surface area contributed by atoms with Crippen molar-refractivity contribution in [1.82, 2.24) is 15.1 Å². The normalized spacial score (nSPS) is 28.6. The largest absolute Gasteiger partial charge is 0.490 e. The predicted molar refractivity (Wildman–Crippen MR) is 121 cm³/mol. The molecule has 3 aliphatic heterocycles. The standard InChI is InChI=1S/C25H31N3O6/c1-24(2,3)34-23(32)27-9-8-25(14-27)11-17(12-25)33-16-4-5-18-15(10-16)13-28(22(18)31)19-6-7-20(29)26-21(19)30/h4-5,10,17,19H,6-9,11-14H2,1-3H3,(H,26,29,30). The minimum absolute atomic E-state index is 0.0694. The number of hydrogen-bond acceptors (Lipinski definition) is 6. The van der Waals surface area contributed by atoms with E-state index in [2.05, 4.69) is 5.32 Å². The first-order valence-electron chi connectivity index (χ1n) is 11.9. The quantitative estimate of drug-likeness (QED) is 0.683. The van der Waals surface area contributed by atoms with Crippen molar-refractivity contribution in [2.45, 2.75) is 77.2 Å². The van der Waals surface area contributed by atoms with Gasteiger partial charge in [0.1, 0.15) is 17.4 Å². The lowest BCUT2D eigenvalue weighted by Gasteiger charge is -2.44. The zero-order valence-corrected chi connectivity index (χ0v) is 19.9. The van der Waals surface area contributed by atoms with Crippen LogP contribution in [-0.4, -0.2) is 64.5 Å². The van der Waals surface area contributed by atoms with Crippen molar-refractivity contribution in [3.8, 4) is 5.75 Å². The molecule has 3 fully saturated rings. The second kappa shape index (κ2) is 7.99. The summed E-state index contributed by atoms with van der Waals surface area (Å²) in [6.07, 6.45) is 3.11. The van der Waals surface area contributed by atoms with Crippen molar-refractivity contribution in [3.63, 3.8) is 0 Å². The lowest BCUT2D eigenvalue weighted by Crippen LogP contribution is -2.52. The van der Waals surface area contributed by atoms with Gasteiger partial charge in [-0.25, -0.2) is 4.79 Å². The van der Waals surface area contributed by atoms with Gasteiger partial charge in [-0.15, -0.1) is 0 Å². The molecule has 2 saturated heterocycles. The number of carbonyl (C=O) groups excluding carboxylic acids is 4. The fraction of sp³-hybridized carbons (Fsp3) is 0.600. The van der Waals surface area contributed by atoms with Crippen LogP contribution in [0, 0.1) is 5.41 Å². The number of ether oxygens (including phenoxy) is 2. The Bertz CT molecular complexity index is 1060. The van der Waals surface area contributed by atoms with Crippen LogP contribution in [0.5, 0.6) is 5.75 Å². The molecule has 1 aliphatic carbocycles. The van der Waals surface area contributed by atoms with Gasteiger partial charge in [0.2, 0.25) is 11.8 Å². The first-order valence-corrected chi connectivity index (χ1v) is 11.9. The number of amides is 4. The molecular formula is C25H31N3O6. The van der Waals surface area contributed by atoms with E-state index in [0.717, 1.165) is 24.8 Å². The van der Waals surface area contributed by atoms with Gasteiger partial charge in [0.05, 0.1) is 6.10 Å². The zero-order chi connectivity index (χ0) is 24.3. The summed E-state index contributed by atoms with van der Waals surface area (Å²) >= 11 is 0. The minimum atomic E-state index is -0.622. The van der Waals surface area contributed by atoms with E-state index in [1.54, 1.807) is 21.9 Å². The maximum Gasteiger partial charge on any atom is 0.410 e. The Hall–Kier alpha value is -3.10. The number of carbonyl (C=O) groups is 4. The molecule has 1 saturated carbocycles. The molecular weight excluding hydrogens is 438 g/mol. The van der Waals surface area contributed by atoms with E-state index >= 15 is 0 Å². The topological polar surface area (TPSA) is 105 Å². The molecule has 4 aliphatic rings. The van der Waals surface area contributed by atoms with Crippen molar-refractivity contribution in [2.75, 3.05) is 13.1 Å². The molecule has 1 unspecified atom stereocenters. The molecule has 5 rings (SSSR count). The Morgan fingerprint density at radius 1 is 1.18 bits per heavy atom. The van der Waals surface area contributed by atoms with Gasteiger partial charge in [-0.3, -0.25) is 19.7 Å². The Kier molecular flexibility index (Phi) is 5.33. The van der Waals surface area contributed by atoms with Crippen LogP contribution in [0.3, 0.4) is 0 Å². The Labute approximate surface area is 198 Å². The summed E-state index contributed by atoms with van der Waals surface area (Å²) in [5.41, 5.74) is 1.00. The number of fused-ring (bicyclic) bond motifs is 1. The SMILES string of the molecule is CC(C)(C)OC(=O)N1CCC2(CC(Oc3ccc4c(c3)CN(C3CCC(=O)NC3=O)C4=O)C2)C1. The molecule has 1 N–H and O–H groups in total. The first-order chi connectivity index (χ1) is 16.0. The predicted octanol–water partition coefficient (Wildman–Crippen LogP) is 2.62. The summed E-state index contributed by atoms with van der Waals surface area (Å²) in [6, 6.07) is 4.82. The Morgan fingerprint density at radius 2 is 1.94 bits per heavy atom. The van der Waals surface area contributed by atoms with E-state index in [4.69, 9.17) is 9.47 Å². The van der Waals surface area contributed by atoms with Crippen LogP contribution in [0.25, 0.3) is 0 Å². The number of rotatable bonds is 3. The van der Waals surface area contributed by atoms with Gasteiger partial charge in [0.15, 0.2) is 0 Å². The highest BCUT2D eigenvalue weighted by Gasteiger charge is 2.51. The molecule has 0 bridgehead atoms. The summed E-state index contributed by atoms with van der Waals surface area (Å²) < 4.78 is 11.7. The van der Waals surface area contributed by atoms with E-state index in [0.29, 0.717) is 37.4 Å². The van der Waals surface area contributed by atoms with Crippen LogP contribution in [-0.2, 0) is 20.9 Å². The minimum Gasteiger partial charge on any atom is -0.490 e. The maximum absolute atomic E-state index is 12.8. The van der Waals surface area contributed by atoms with Gasteiger partial charge in [0.25, 0.3) is 5.91 Å². The number of nitrogens with zero attached hydrogens (tertiary/aromatic N) is 2. The molecule has 0 radical (unpaired) electrons. The Balaban J connectivity index is 1.17. The number of likely N-dealkylation sites (tertiary alicyclic amines) is 1. The molecule has 1 atom stereocenters. The van der Waals surface area contributed by atoms with E-state index < -0.39 is 17.6 Å². The average Bonchev–Trinajstić information content (AvgIpc) is 3.29. The van der Waals surface area contributed by atoms with Crippen LogP contribution >= 0.6 is 0 Å². The second-order valence-electron chi connectivity index (χ2n) is 11.0. The molecule has 34 heavy (non-hydrogen) atoms. The second-order valence-corrected chi connectivity index (χ2v) is 11.0. The van der Waals surface area contributed by atoms with Gasteiger partial charge < -0.3 is 19.3 Å². The highest BCUT2D eigenvalue weighted by Crippen LogP contribution is 2.50. The van der Waals surface area contributed by atoms with Crippen molar-refractivity contribution >= 4 is 23.8 Å². The third-order valence-corrected chi connectivity index (χ3v) is 7.21. The Morgan fingerprint density at radius 3 is 2.65 bits per heavy atom. The van der Waals surface area contributed by atoms with Crippen LogP contribution < -0.4 is 10.1 Å². The third kappa shape index (κ3) is 4.23. The smallest absolute Gasteiger partial charge is 0.410 e. The van der Waals surface area contributed by atoms with Gasteiger partial charge in [-0.2, -0.15) is 0 Å². The highest BCUT2D eigenvalue weighted by molar-refractivity contribution is 6.05. The van der Waals surface area contributed by atoms with Crippen molar-refractivity contribution in [1.29, 1.82) is 0 Å². The van der Waals surface area contributed by atoms with Crippen molar-refractivity contribution in [2.24, 2.45) is 5.41 Å². The molecule has 9 heteroatoms. The van der Waals surface area contributed by atoms with Crippen LogP contribution in [0.15, 0.2) is 18.2 Å². The molecule has 182 valence electrons. The van der Waals surface area contributed by atoms with Crippen LogP contribution in [0.1, 0.15) is 68.8 Å². The van der Waals surface area contributed by atoms with Crippen molar-refractivity contribution < 1.29 is 28.7 Å². The molecule has 0 aromatic heterocycles. The highest BCUT2D eigenvalue weighted by atomic mass is 16.6. The number of imide groups is 1. The van der Waals surface area contributed by atoms with Gasteiger partial charge in [-0.1, -0.05) is 0 Å². The van der Waals surface area contributed by atoms with E-state index in [1.165, 1.54) is 0 Å². The van der Waals surface area contributed by atoms with Gasteiger partial charge >= 0.3 is 6.09 Å². The van der Waals surface area contributed by atoms with E-state index in [1.807, 2.05) is 26.8 Å². The zero-order valence-electron chi connectivity index (χ0n) is 19.9. The monoisotopic (exact) mass is 469 g/mol. The molecule has 1 aromatic rings. The molecule has 4 amide bonds. The number of hydrogen-bond donors (Lipinski definition) is 1. The summed E-state index contributed by atoms with van der Waals surface area (Å²) in [5.74, 6) is -0.188. The fourth-order valence-corrected chi connectivity index (χ4v) is 5.56. The maximum atomic E-state index is 12.8. The third-order valence-electron chi connectivity index (χ3n) is 7.21. The molecule has 9 nitrogen and oxygen atoms in total.